The fourth-order valence-corrected chi connectivity index (χ4v) is 2.93. The van der Waals surface area contributed by atoms with Gasteiger partial charge in [-0.05, 0) is 25.0 Å². The molecule has 1 aliphatic heterocycles. The van der Waals surface area contributed by atoms with E-state index in [0.717, 1.165) is 37.1 Å². The summed E-state index contributed by atoms with van der Waals surface area (Å²) in [5, 5.41) is 0. The smallest absolute Gasteiger partial charge is 0.0674 e. The van der Waals surface area contributed by atoms with Gasteiger partial charge in [0.25, 0.3) is 0 Å². The summed E-state index contributed by atoms with van der Waals surface area (Å²) in [7, 11) is 0. The van der Waals surface area contributed by atoms with E-state index in [9.17, 15) is 0 Å². The second kappa shape index (κ2) is 6.66. The molecule has 2 unspecified atom stereocenters. The van der Waals surface area contributed by atoms with Crippen LogP contribution in [0.15, 0.2) is 28.7 Å². The number of morpholine rings is 1. The summed E-state index contributed by atoms with van der Waals surface area (Å²) in [4.78, 5) is 2.44. The number of ether oxygens (including phenoxy) is 1. The molecule has 4 heteroatoms. The molecule has 1 aromatic carbocycles. The van der Waals surface area contributed by atoms with Crippen LogP contribution >= 0.6 is 15.9 Å². The first-order valence-corrected chi connectivity index (χ1v) is 7.30. The molecule has 0 saturated carbocycles. The first kappa shape index (κ1) is 14.0. The van der Waals surface area contributed by atoms with Crippen molar-refractivity contribution in [3.8, 4) is 0 Å². The van der Waals surface area contributed by atoms with Gasteiger partial charge in [0, 0.05) is 30.1 Å². The van der Waals surface area contributed by atoms with Crippen LogP contribution in [-0.4, -0.2) is 37.2 Å². The van der Waals surface area contributed by atoms with Crippen molar-refractivity contribution in [2.45, 2.75) is 25.5 Å². The monoisotopic (exact) mass is 312 g/mol. The Kier molecular flexibility index (Phi) is 5.18. The maximum Gasteiger partial charge on any atom is 0.0674 e. The van der Waals surface area contributed by atoms with E-state index in [1.807, 2.05) is 18.2 Å². The summed E-state index contributed by atoms with van der Waals surface area (Å²) in [6.07, 6.45) is 1.33. The van der Waals surface area contributed by atoms with Gasteiger partial charge in [-0.1, -0.05) is 34.1 Å². The van der Waals surface area contributed by atoms with Gasteiger partial charge in [-0.25, -0.2) is 0 Å². The molecule has 0 radical (unpaired) electrons. The highest BCUT2D eigenvalue weighted by Crippen LogP contribution is 2.23. The van der Waals surface area contributed by atoms with Gasteiger partial charge < -0.3 is 10.5 Å². The highest BCUT2D eigenvalue weighted by atomic mass is 79.9. The lowest BCUT2D eigenvalue weighted by Gasteiger charge is -2.31. The van der Waals surface area contributed by atoms with E-state index in [0.29, 0.717) is 6.10 Å². The number of nitrogens with two attached hydrogens (primary N) is 1. The van der Waals surface area contributed by atoms with Gasteiger partial charge in [-0.3, -0.25) is 4.90 Å². The maximum absolute atomic E-state index is 6.26. The lowest BCUT2D eigenvalue weighted by Crippen LogP contribution is -2.42. The van der Waals surface area contributed by atoms with Crippen LogP contribution in [0, 0.1) is 0 Å². The van der Waals surface area contributed by atoms with Crippen LogP contribution in [-0.2, 0) is 4.74 Å². The number of nitrogens with zero attached hydrogens (tertiary/aromatic N) is 1. The summed E-state index contributed by atoms with van der Waals surface area (Å²) in [6, 6.07) is 8.29. The van der Waals surface area contributed by atoms with Crippen LogP contribution in [0.25, 0.3) is 0 Å². The van der Waals surface area contributed by atoms with E-state index in [4.69, 9.17) is 10.5 Å². The summed E-state index contributed by atoms with van der Waals surface area (Å²) in [6.45, 7) is 6.04. The normalized spacial score (nSPS) is 22.9. The van der Waals surface area contributed by atoms with Crippen LogP contribution in [0.5, 0.6) is 0 Å². The SMILES string of the molecule is CC1CN(CCC(N)c2ccccc2Br)CCO1. The molecule has 0 bridgehead atoms. The molecule has 2 atom stereocenters. The lowest BCUT2D eigenvalue weighted by molar-refractivity contribution is -0.0189. The standard InChI is InChI=1S/C14H21BrN2O/c1-11-10-17(8-9-18-11)7-6-14(16)12-4-2-3-5-13(12)15/h2-5,11,14H,6-10,16H2,1H3. The number of hydrogen-bond acceptors (Lipinski definition) is 3. The highest BCUT2D eigenvalue weighted by molar-refractivity contribution is 9.10. The Morgan fingerprint density at radius 3 is 3.00 bits per heavy atom. The average Bonchev–Trinajstić information content (AvgIpc) is 2.37. The van der Waals surface area contributed by atoms with E-state index in [-0.39, 0.29) is 6.04 Å². The predicted molar refractivity (Wildman–Crippen MR) is 77.5 cm³/mol. The molecule has 1 saturated heterocycles. The lowest BCUT2D eigenvalue weighted by atomic mass is 10.0. The molecular weight excluding hydrogens is 292 g/mol. The van der Waals surface area contributed by atoms with Crippen molar-refractivity contribution in [1.29, 1.82) is 0 Å². The van der Waals surface area contributed by atoms with Crippen molar-refractivity contribution < 1.29 is 4.74 Å². The Labute approximate surface area is 117 Å². The molecule has 18 heavy (non-hydrogen) atoms. The van der Waals surface area contributed by atoms with Crippen molar-refractivity contribution in [1.82, 2.24) is 4.90 Å². The first-order valence-electron chi connectivity index (χ1n) is 6.51. The van der Waals surface area contributed by atoms with Gasteiger partial charge in [0.15, 0.2) is 0 Å². The number of benzene rings is 1. The van der Waals surface area contributed by atoms with Gasteiger partial charge in [0.2, 0.25) is 0 Å². The molecule has 100 valence electrons. The van der Waals surface area contributed by atoms with Crippen LogP contribution in [0.3, 0.4) is 0 Å². The second-order valence-electron chi connectivity index (χ2n) is 4.90. The minimum atomic E-state index is 0.0960. The van der Waals surface area contributed by atoms with E-state index in [2.05, 4.69) is 33.8 Å². The fraction of sp³-hybridized carbons (Fsp3) is 0.571. The number of hydrogen-bond donors (Lipinski definition) is 1. The summed E-state index contributed by atoms with van der Waals surface area (Å²) in [5.41, 5.74) is 7.45. The third-order valence-corrected chi connectivity index (χ3v) is 4.11. The van der Waals surface area contributed by atoms with E-state index >= 15 is 0 Å². The van der Waals surface area contributed by atoms with E-state index in [1.165, 1.54) is 5.56 Å². The molecule has 1 heterocycles. The third kappa shape index (κ3) is 3.79. The van der Waals surface area contributed by atoms with Gasteiger partial charge in [-0.2, -0.15) is 0 Å². The van der Waals surface area contributed by atoms with Crippen LogP contribution in [0.2, 0.25) is 0 Å². The highest BCUT2D eigenvalue weighted by Gasteiger charge is 2.17. The fourth-order valence-electron chi connectivity index (χ4n) is 2.35. The molecule has 0 aromatic heterocycles. The zero-order valence-corrected chi connectivity index (χ0v) is 12.4. The van der Waals surface area contributed by atoms with Crippen molar-refractivity contribution >= 4 is 15.9 Å². The Hall–Kier alpha value is -0.420. The Morgan fingerprint density at radius 1 is 1.50 bits per heavy atom. The number of halogens is 1. The Balaban J connectivity index is 1.84. The van der Waals surface area contributed by atoms with Crippen LogP contribution in [0.1, 0.15) is 24.9 Å². The first-order chi connectivity index (χ1) is 8.66. The summed E-state index contributed by atoms with van der Waals surface area (Å²) >= 11 is 3.56. The Bertz CT molecular complexity index is 386. The second-order valence-corrected chi connectivity index (χ2v) is 5.75. The van der Waals surface area contributed by atoms with Crippen molar-refractivity contribution in [3.63, 3.8) is 0 Å². The van der Waals surface area contributed by atoms with Crippen molar-refractivity contribution in [3.05, 3.63) is 34.3 Å². The van der Waals surface area contributed by atoms with Crippen molar-refractivity contribution in [2.75, 3.05) is 26.2 Å². The Morgan fingerprint density at radius 2 is 2.28 bits per heavy atom. The molecular formula is C14H21BrN2O. The molecule has 0 spiro atoms. The number of rotatable bonds is 4. The quantitative estimate of drug-likeness (QED) is 0.928. The molecule has 2 rings (SSSR count). The molecule has 0 aliphatic carbocycles. The summed E-state index contributed by atoms with van der Waals surface area (Å²) in [5.74, 6) is 0. The minimum absolute atomic E-state index is 0.0960. The third-order valence-electron chi connectivity index (χ3n) is 3.39. The van der Waals surface area contributed by atoms with Gasteiger partial charge in [0.1, 0.15) is 0 Å². The van der Waals surface area contributed by atoms with E-state index in [1.54, 1.807) is 0 Å². The zero-order valence-electron chi connectivity index (χ0n) is 10.8. The zero-order chi connectivity index (χ0) is 13.0. The maximum atomic E-state index is 6.26. The summed E-state index contributed by atoms with van der Waals surface area (Å²) < 4.78 is 6.64. The van der Waals surface area contributed by atoms with Crippen LogP contribution in [0.4, 0.5) is 0 Å². The largest absolute Gasteiger partial charge is 0.376 e. The van der Waals surface area contributed by atoms with Gasteiger partial charge in [-0.15, -0.1) is 0 Å². The topological polar surface area (TPSA) is 38.5 Å². The van der Waals surface area contributed by atoms with E-state index < -0.39 is 0 Å². The molecule has 1 aliphatic rings. The van der Waals surface area contributed by atoms with Crippen molar-refractivity contribution in [2.24, 2.45) is 5.73 Å². The molecule has 1 fully saturated rings. The average molecular weight is 313 g/mol. The molecule has 3 nitrogen and oxygen atoms in total. The van der Waals surface area contributed by atoms with Crippen LogP contribution < -0.4 is 5.73 Å². The van der Waals surface area contributed by atoms with Gasteiger partial charge in [0.05, 0.1) is 12.7 Å². The molecule has 2 N–H and O–H groups in total. The molecule has 0 amide bonds. The van der Waals surface area contributed by atoms with Gasteiger partial charge >= 0.3 is 0 Å². The minimum Gasteiger partial charge on any atom is -0.376 e. The predicted octanol–water partition coefficient (Wildman–Crippen LogP) is 2.56. The molecule has 1 aromatic rings.